The van der Waals surface area contributed by atoms with Crippen LogP contribution < -0.4 is 0 Å². The Morgan fingerprint density at radius 3 is 0.907 bits per heavy atom. The van der Waals surface area contributed by atoms with E-state index in [4.69, 9.17) is 0 Å². The second-order valence-electron chi connectivity index (χ2n) is 14.6. The standard InChI is InChI=1S/C48H64N2O2S2/c51-47-27-23-43(24-28-47)19-21-45-31-37-49(38-32-45)35-15-11-7-3-1-5-9-13-17-41-53-54-42-18-14-10-6-2-4-8-12-16-36-50-39-33-46(34-40-50)22-20-44-25-29-48(52)30-26-44/h19-34,37-40H,1-18,35-36,41-42H2. The number of hydrogen-bond donors (Lipinski definition) is 0. The largest absolute Gasteiger partial charge is 0.354 e. The molecule has 0 radical (unpaired) electrons. The van der Waals surface area contributed by atoms with Crippen LogP contribution in [0.1, 0.15) is 116 Å². The molecule has 54 heavy (non-hydrogen) atoms. The van der Waals surface area contributed by atoms with Gasteiger partial charge < -0.3 is 9.80 Å². The Morgan fingerprint density at radius 2 is 0.593 bits per heavy atom. The fraction of sp³-hybridized carbons (Fsp3) is 0.458. The van der Waals surface area contributed by atoms with Crippen molar-refractivity contribution in [1.29, 1.82) is 0 Å². The van der Waals surface area contributed by atoms with Crippen molar-refractivity contribution in [3.05, 3.63) is 144 Å². The van der Waals surface area contributed by atoms with Gasteiger partial charge in [-0.2, -0.15) is 0 Å². The molecule has 0 fully saturated rings. The normalized spacial score (nSPS) is 16.1. The molecule has 0 N–H and O–H groups in total. The number of allylic oxidation sites excluding steroid dienone is 20. The van der Waals surface area contributed by atoms with E-state index in [0.717, 1.165) is 24.2 Å². The monoisotopic (exact) mass is 764 g/mol. The van der Waals surface area contributed by atoms with Gasteiger partial charge in [-0.1, -0.05) is 160 Å². The van der Waals surface area contributed by atoms with Crippen molar-refractivity contribution in [2.24, 2.45) is 0 Å². The quantitative estimate of drug-likeness (QED) is 0.0613. The van der Waals surface area contributed by atoms with Crippen molar-refractivity contribution in [3.8, 4) is 0 Å². The van der Waals surface area contributed by atoms with Crippen molar-refractivity contribution < 1.29 is 9.59 Å². The number of carbonyl (C=O) groups excluding carboxylic acids is 2. The second-order valence-corrected chi connectivity index (χ2v) is 17.3. The molecule has 0 aromatic rings. The summed E-state index contributed by atoms with van der Waals surface area (Å²) in [6.07, 6.45) is 64.0. The minimum absolute atomic E-state index is 0.0527. The van der Waals surface area contributed by atoms with Gasteiger partial charge in [-0.05, 0) is 96.6 Å². The Bertz CT molecular complexity index is 1350. The van der Waals surface area contributed by atoms with Crippen LogP contribution in [-0.4, -0.2) is 46.0 Å². The van der Waals surface area contributed by atoms with Crippen LogP contribution in [0.15, 0.2) is 144 Å². The van der Waals surface area contributed by atoms with Crippen LogP contribution in [0.5, 0.6) is 0 Å². The summed E-state index contributed by atoms with van der Waals surface area (Å²) < 4.78 is 0. The third-order valence-corrected chi connectivity index (χ3v) is 12.5. The SMILES string of the molecule is O=C1C=CC(=CC=C2C=CN(CCCCCCCCCCCSSCCCCCCCCCCCN3C=CC(=CC=C4C=CC(=O)C=C4)C=C3)C=C2)C=C1. The molecule has 0 atom stereocenters. The molecular weight excluding hydrogens is 701 g/mol. The fourth-order valence-corrected chi connectivity index (χ4v) is 8.80. The van der Waals surface area contributed by atoms with E-state index in [-0.39, 0.29) is 11.6 Å². The summed E-state index contributed by atoms with van der Waals surface area (Å²) in [4.78, 5) is 27.0. The summed E-state index contributed by atoms with van der Waals surface area (Å²) in [6.45, 7) is 2.18. The molecule has 290 valence electrons. The summed E-state index contributed by atoms with van der Waals surface area (Å²) in [6, 6.07) is 0. The van der Waals surface area contributed by atoms with Crippen molar-refractivity contribution in [2.75, 3.05) is 24.6 Å². The topological polar surface area (TPSA) is 40.6 Å². The van der Waals surface area contributed by atoms with Gasteiger partial charge in [-0.25, -0.2) is 0 Å². The number of ketones is 2. The van der Waals surface area contributed by atoms with Crippen LogP contribution in [0.2, 0.25) is 0 Å². The van der Waals surface area contributed by atoms with Gasteiger partial charge in [-0.15, -0.1) is 0 Å². The highest BCUT2D eigenvalue weighted by atomic mass is 33.1. The van der Waals surface area contributed by atoms with E-state index in [1.54, 1.807) is 24.3 Å². The lowest BCUT2D eigenvalue weighted by Crippen LogP contribution is -2.13. The number of nitrogens with zero attached hydrogens (tertiary/aromatic N) is 2. The Kier molecular flexibility index (Phi) is 22.4. The van der Waals surface area contributed by atoms with Gasteiger partial charge >= 0.3 is 0 Å². The van der Waals surface area contributed by atoms with E-state index in [9.17, 15) is 9.59 Å². The van der Waals surface area contributed by atoms with Crippen molar-refractivity contribution in [3.63, 3.8) is 0 Å². The van der Waals surface area contributed by atoms with Crippen LogP contribution in [0.25, 0.3) is 0 Å². The van der Waals surface area contributed by atoms with Crippen molar-refractivity contribution in [2.45, 2.75) is 116 Å². The van der Waals surface area contributed by atoms with Crippen LogP contribution >= 0.6 is 21.6 Å². The molecule has 0 saturated heterocycles. The van der Waals surface area contributed by atoms with Crippen LogP contribution in [-0.2, 0) is 9.59 Å². The Labute approximate surface area is 335 Å². The van der Waals surface area contributed by atoms with E-state index >= 15 is 0 Å². The minimum atomic E-state index is 0.0527. The van der Waals surface area contributed by atoms with Crippen LogP contribution in [0.4, 0.5) is 0 Å². The molecule has 4 nitrogen and oxygen atoms in total. The number of unbranched alkanes of at least 4 members (excludes halogenated alkanes) is 16. The lowest BCUT2D eigenvalue weighted by molar-refractivity contribution is -0.111. The van der Waals surface area contributed by atoms with Crippen molar-refractivity contribution in [1.82, 2.24) is 9.80 Å². The lowest BCUT2D eigenvalue weighted by Gasteiger charge is -2.18. The van der Waals surface area contributed by atoms with Gasteiger partial charge in [0.05, 0.1) is 0 Å². The third kappa shape index (κ3) is 20.3. The van der Waals surface area contributed by atoms with Gasteiger partial charge in [0.1, 0.15) is 0 Å². The molecule has 0 saturated carbocycles. The first-order valence-corrected chi connectivity index (χ1v) is 23.3. The first-order valence-electron chi connectivity index (χ1n) is 20.8. The number of hydrogen-bond acceptors (Lipinski definition) is 6. The van der Waals surface area contributed by atoms with Gasteiger partial charge in [0.2, 0.25) is 0 Å². The average Bonchev–Trinajstić information content (AvgIpc) is 3.20. The predicted molar refractivity (Wildman–Crippen MR) is 237 cm³/mol. The molecule has 0 amide bonds. The zero-order valence-corrected chi connectivity index (χ0v) is 34.3. The van der Waals surface area contributed by atoms with E-state index in [1.807, 2.05) is 24.3 Å². The Balaban J connectivity index is 0.819. The highest BCUT2D eigenvalue weighted by molar-refractivity contribution is 8.76. The Hall–Kier alpha value is -3.48. The molecule has 2 heterocycles. The minimum Gasteiger partial charge on any atom is -0.354 e. The molecule has 2 aliphatic carbocycles. The van der Waals surface area contributed by atoms with Gasteiger partial charge in [-0.3, -0.25) is 9.59 Å². The molecule has 6 heteroatoms. The number of carbonyl (C=O) groups is 2. The Morgan fingerprint density at radius 1 is 0.333 bits per heavy atom. The molecule has 4 aliphatic rings. The summed E-state index contributed by atoms with van der Waals surface area (Å²) >= 11 is 0. The average molecular weight is 765 g/mol. The van der Waals surface area contributed by atoms with Crippen LogP contribution in [0.3, 0.4) is 0 Å². The van der Waals surface area contributed by atoms with E-state index in [1.165, 1.54) is 138 Å². The lowest BCUT2D eigenvalue weighted by atomic mass is 10.1. The third-order valence-electron chi connectivity index (χ3n) is 9.90. The molecular formula is C48H64N2O2S2. The molecule has 0 aromatic heterocycles. The fourth-order valence-electron chi connectivity index (χ4n) is 6.50. The first kappa shape index (κ1) is 43.3. The van der Waals surface area contributed by atoms with E-state index in [2.05, 4.69) is 105 Å². The zero-order valence-electron chi connectivity index (χ0n) is 32.6. The van der Waals surface area contributed by atoms with Gasteiger partial charge in [0.15, 0.2) is 11.6 Å². The first-order chi connectivity index (χ1) is 26.6. The molecule has 0 aromatic carbocycles. The zero-order chi connectivity index (χ0) is 37.7. The highest BCUT2D eigenvalue weighted by Crippen LogP contribution is 2.25. The maximum atomic E-state index is 11.2. The molecule has 2 aliphatic heterocycles. The molecule has 0 bridgehead atoms. The maximum Gasteiger partial charge on any atom is 0.178 e. The molecule has 4 rings (SSSR count). The summed E-state index contributed by atoms with van der Waals surface area (Å²) in [5, 5.41) is 0. The molecule has 0 unspecified atom stereocenters. The number of rotatable bonds is 27. The molecule has 0 spiro atoms. The summed E-state index contributed by atoms with van der Waals surface area (Å²) in [5.74, 6) is 2.74. The van der Waals surface area contributed by atoms with Crippen molar-refractivity contribution >= 4 is 33.2 Å². The highest BCUT2D eigenvalue weighted by Gasteiger charge is 2.04. The van der Waals surface area contributed by atoms with E-state index in [0.29, 0.717) is 0 Å². The smallest absolute Gasteiger partial charge is 0.178 e. The maximum absolute atomic E-state index is 11.2. The summed E-state index contributed by atoms with van der Waals surface area (Å²) in [7, 11) is 4.20. The summed E-state index contributed by atoms with van der Waals surface area (Å²) in [5.41, 5.74) is 4.45. The van der Waals surface area contributed by atoms with Gasteiger partial charge in [0.25, 0.3) is 0 Å². The predicted octanol–water partition coefficient (Wildman–Crippen LogP) is 13.2. The van der Waals surface area contributed by atoms with Gasteiger partial charge in [0, 0.05) is 49.4 Å². The second kappa shape index (κ2) is 28.0. The van der Waals surface area contributed by atoms with E-state index < -0.39 is 0 Å². The van der Waals surface area contributed by atoms with Crippen LogP contribution in [0, 0.1) is 0 Å².